The van der Waals surface area contributed by atoms with Crippen molar-refractivity contribution in [3.8, 4) is 34.2 Å². The summed E-state index contributed by atoms with van der Waals surface area (Å²) in [5, 5.41) is 10.6. The van der Waals surface area contributed by atoms with Gasteiger partial charge in [-0.1, -0.05) is 103 Å². The van der Waals surface area contributed by atoms with Crippen LogP contribution in [0.4, 0.5) is 0 Å². The van der Waals surface area contributed by atoms with Gasteiger partial charge in [-0.25, -0.2) is 15.0 Å². The van der Waals surface area contributed by atoms with Gasteiger partial charge < -0.3 is 0 Å². The third kappa shape index (κ3) is 4.09. The van der Waals surface area contributed by atoms with Crippen LogP contribution in [0.2, 0.25) is 0 Å². The molecular weight excluding hydrogens is 655 g/mol. The zero-order valence-corrected chi connectivity index (χ0v) is 28.3. The monoisotopic (exact) mass is 677 g/mol. The molecule has 49 heavy (non-hydrogen) atoms. The van der Waals surface area contributed by atoms with E-state index < -0.39 is 0 Å². The van der Waals surface area contributed by atoms with Crippen molar-refractivity contribution in [1.82, 2.24) is 15.0 Å². The van der Waals surface area contributed by atoms with Crippen molar-refractivity contribution in [1.29, 1.82) is 0 Å². The molecule has 7 aromatic carbocycles. The highest BCUT2D eigenvalue weighted by atomic mass is 32.1. The molecule has 0 fully saturated rings. The number of nitrogens with zero attached hydrogens (tertiary/aromatic N) is 3. The zero-order chi connectivity index (χ0) is 32.1. The average molecular weight is 678 g/mol. The van der Waals surface area contributed by atoms with Crippen LogP contribution in [0.15, 0.2) is 140 Å². The smallest absolute Gasteiger partial charge is 0.164 e. The normalized spacial score (nSPS) is 12.1. The SMILES string of the molecule is c1ccc(-c2nc(-c3ccccc3)nc(-c3ccc4sc5ccc6c7sc8ccccc8c7c7sc8ccccc8c7c6c5c4c3)n2)cc1. The summed E-state index contributed by atoms with van der Waals surface area (Å²) in [4.78, 5) is 15.1. The van der Waals surface area contributed by atoms with E-state index >= 15 is 0 Å². The quantitative estimate of drug-likeness (QED) is 0.187. The average Bonchev–Trinajstić information content (AvgIpc) is 3.86. The Morgan fingerprint density at radius 2 is 0.837 bits per heavy atom. The predicted octanol–water partition coefficient (Wildman–Crippen LogP) is 13.1. The van der Waals surface area contributed by atoms with Crippen molar-refractivity contribution in [3.05, 3.63) is 140 Å². The molecule has 0 spiro atoms. The molecule has 0 saturated carbocycles. The Morgan fingerprint density at radius 3 is 1.51 bits per heavy atom. The van der Waals surface area contributed by atoms with E-state index in [1.165, 1.54) is 71.3 Å². The molecule has 4 aromatic heterocycles. The van der Waals surface area contributed by atoms with Gasteiger partial charge in [0.15, 0.2) is 17.5 Å². The minimum Gasteiger partial charge on any atom is -0.208 e. The molecule has 0 saturated heterocycles. The summed E-state index contributed by atoms with van der Waals surface area (Å²) in [6, 6.07) is 49.6. The lowest BCUT2D eigenvalue weighted by atomic mass is 9.96. The number of aromatic nitrogens is 3. The van der Waals surface area contributed by atoms with Gasteiger partial charge in [-0.15, -0.1) is 34.0 Å². The first-order valence-corrected chi connectivity index (χ1v) is 18.6. The first-order valence-electron chi connectivity index (χ1n) is 16.2. The van der Waals surface area contributed by atoms with Gasteiger partial charge in [-0.2, -0.15) is 0 Å². The Labute approximate surface area is 292 Å². The molecule has 0 unspecified atom stereocenters. The third-order valence-corrected chi connectivity index (χ3v) is 13.0. The second-order valence-electron chi connectivity index (χ2n) is 12.3. The van der Waals surface area contributed by atoms with Crippen LogP contribution < -0.4 is 0 Å². The number of rotatable bonds is 3. The molecule has 6 heteroatoms. The fourth-order valence-corrected chi connectivity index (χ4v) is 11.0. The van der Waals surface area contributed by atoms with E-state index in [4.69, 9.17) is 15.0 Å². The summed E-state index contributed by atoms with van der Waals surface area (Å²) in [6.45, 7) is 0. The Morgan fingerprint density at radius 1 is 0.306 bits per heavy atom. The fraction of sp³-hybridized carbons (Fsp3) is 0. The maximum atomic E-state index is 5.07. The van der Waals surface area contributed by atoms with Gasteiger partial charge in [0.25, 0.3) is 0 Å². The molecule has 3 nitrogen and oxygen atoms in total. The first kappa shape index (κ1) is 27.4. The van der Waals surface area contributed by atoms with Gasteiger partial charge >= 0.3 is 0 Å². The summed E-state index contributed by atoms with van der Waals surface area (Å²) in [5.74, 6) is 2.01. The molecule has 0 atom stereocenters. The molecule has 0 bridgehead atoms. The van der Waals surface area contributed by atoms with Gasteiger partial charge in [0.05, 0.1) is 0 Å². The number of hydrogen-bond acceptors (Lipinski definition) is 6. The molecule has 0 aliphatic carbocycles. The summed E-state index contributed by atoms with van der Waals surface area (Å²) >= 11 is 5.70. The molecule has 228 valence electrons. The summed E-state index contributed by atoms with van der Waals surface area (Å²) < 4.78 is 7.95. The first-order chi connectivity index (χ1) is 24.3. The third-order valence-electron chi connectivity index (χ3n) is 9.51. The van der Waals surface area contributed by atoms with E-state index in [1.807, 2.05) is 70.4 Å². The fourth-order valence-electron chi connectivity index (χ4n) is 7.32. The topological polar surface area (TPSA) is 38.7 Å². The minimum atomic E-state index is 0.670. The zero-order valence-electron chi connectivity index (χ0n) is 25.8. The van der Waals surface area contributed by atoms with Gasteiger partial charge in [-0.3, -0.25) is 0 Å². The standard InChI is InChI=1S/C43H23N3S3/c1-3-11-24(12-4-1)41-44-42(25-13-5-2-6-14-25)46-43(45-41)26-19-21-33-30(23-26)35-34(47-33)22-20-29-36(35)37-27-15-7-9-17-31(27)49-40(37)38-28-16-8-10-18-32(28)48-39(29)38/h1-23H. The van der Waals surface area contributed by atoms with Gasteiger partial charge in [0, 0.05) is 88.0 Å². The molecule has 0 radical (unpaired) electrons. The van der Waals surface area contributed by atoms with Gasteiger partial charge in [-0.05, 0) is 36.4 Å². The predicted molar refractivity (Wildman–Crippen MR) is 212 cm³/mol. The molecule has 0 amide bonds. The number of fused-ring (bicyclic) bond motifs is 14. The summed E-state index contributed by atoms with van der Waals surface area (Å²) in [6.07, 6.45) is 0. The van der Waals surface area contributed by atoms with E-state index in [0.717, 1.165) is 16.7 Å². The van der Waals surface area contributed by atoms with E-state index in [0.29, 0.717) is 17.5 Å². The Hall–Kier alpha value is -5.53. The Balaban J connectivity index is 1.25. The van der Waals surface area contributed by atoms with Crippen molar-refractivity contribution in [2.75, 3.05) is 0 Å². The molecule has 11 aromatic rings. The number of hydrogen-bond donors (Lipinski definition) is 0. The largest absolute Gasteiger partial charge is 0.208 e. The van der Waals surface area contributed by atoms with Crippen LogP contribution in [0.5, 0.6) is 0 Å². The van der Waals surface area contributed by atoms with Crippen molar-refractivity contribution in [2.45, 2.75) is 0 Å². The van der Waals surface area contributed by atoms with Crippen molar-refractivity contribution in [2.24, 2.45) is 0 Å². The van der Waals surface area contributed by atoms with E-state index in [1.54, 1.807) is 0 Å². The lowest BCUT2D eigenvalue weighted by Gasteiger charge is -2.09. The van der Waals surface area contributed by atoms with Crippen LogP contribution in [0, 0.1) is 0 Å². The maximum absolute atomic E-state index is 5.07. The van der Waals surface area contributed by atoms with Gasteiger partial charge in [0.1, 0.15) is 0 Å². The molecule has 4 heterocycles. The summed E-state index contributed by atoms with van der Waals surface area (Å²) in [5.41, 5.74) is 2.92. The second-order valence-corrected chi connectivity index (χ2v) is 15.5. The highest BCUT2D eigenvalue weighted by Crippen LogP contribution is 2.52. The molecule has 0 N–H and O–H groups in total. The van der Waals surface area contributed by atoms with E-state index in [9.17, 15) is 0 Å². The van der Waals surface area contributed by atoms with Crippen molar-refractivity contribution >= 4 is 105 Å². The van der Waals surface area contributed by atoms with E-state index in [-0.39, 0.29) is 0 Å². The van der Waals surface area contributed by atoms with Crippen LogP contribution in [-0.4, -0.2) is 15.0 Å². The Kier molecular flexibility index (Phi) is 5.87. The van der Waals surface area contributed by atoms with Crippen LogP contribution in [0.1, 0.15) is 0 Å². The molecular formula is C43H23N3S3. The molecule has 11 rings (SSSR count). The highest BCUT2D eigenvalue weighted by molar-refractivity contribution is 7.31. The lowest BCUT2D eigenvalue weighted by Crippen LogP contribution is -2.00. The van der Waals surface area contributed by atoms with Crippen molar-refractivity contribution < 1.29 is 0 Å². The molecule has 0 aliphatic heterocycles. The highest BCUT2D eigenvalue weighted by Gasteiger charge is 2.22. The lowest BCUT2D eigenvalue weighted by molar-refractivity contribution is 1.07. The number of benzene rings is 7. The Bertz CT molecular complexity index is 3040. The van der Waals surface area contributed by atoms with Crippen LogP contribution in [0.25, 0.3) is 105 Å². The second kappa shape index (κ2) is 10.5. The van der Waals surface area contributed by atoms with E-state index in [2.05, 4.69) is 103 Å². The van der Waals surface area contributed by atoms with Crippen molar-refractivity contribution in [3.63, 3.8) is 0 Å². The van der Waals surface area contributed by atoms with Crippen LogP contribution >= 0.6 is 34.0 Å². The van der Waals surface area contributed by atoms with Crippen LogP contribution in [0.3, 0.4) is 0 Å². The minimum absolute atomic E-state index is 0.670. The van der Waals surface area contributed by atoms with Gasteiger partial charge in [0.2, 0.25) is 0 Å². The maximum Gasteiger partial charge on any atom is 0.164 e. The van der Waals surface area contributed by atoms with Crippen LogP contribution in [-0.2, 0) is 0 Å². The molecule has 0 aliphatic rings. The summed E-state index contributed by atoms with van der Waals surface area (Å²) in [7, 11) is 0. The number of thiophene rings is 3.